The van der Waals surface area contributed by atoms with Crippen molar-refractivity contribution in [3.05, 3.63) is 69.2 Å². The molecule has 0 unspecified atom stereocenters. The van der Waals surface area contributed by atoms with Crippen LogP contribution in [-0.2, 0) is 16.1 Å². The summed E-state index contributed by atoms with van der Waals surface area (Å²) in [5.41, 5.74) is 2.81. The minimum atomic E-state index is -1.22. The van der Waals surface area contributed by atoms with E-state index in [2.05, 4.69) is 0 Å². The molecule has 138 valence electrons. The SMILES string of the molecule is Cc1ccc(CN(C)C(=O)COC(=O)c2cc(F)c(F)cc2Cl)c(C)c1. The third-order valence-electron chi connectivity index (χ3n) is 3.89. The van der Waals surface area contributed by atoms with Gasteiger partial charge in [-0.1, -0.05) is 35.4 Å². The molecule has 7 heteroatoms. The second-order valence-electron chi connectivity index (χ2n) is 6.00. The Kier molecular flexibility index (Phi) is 6.32. The molecule has 4 nitrogen and oxygen atoms in total. The molecule has 0 fully saturated rings. The van der Waals surface area contributed by atoms with Gasteiger partial charge in [0.25, 0.3) is 5.91 Å². The van der Waals surface area contributed by atoms with Crippen molar-refractivity contribution < 1.29 is 23.1 Å². The smallest absolute Gasteiger partial charge is 0.340 e. The number of hydrogen-bond acceptors (Lipinski definition) is 3. The van der Waals surface area contributed by atoms with Gasteiger partial charge in [0, 0.05) is 13.6 Å². The molecule has 0 aliphatic carbocycles. The van der Waals surface area contributed by atoms with Crippen LogP contribution in [-0.4, -0.2) is 30.4 Å². The highest BCUT2D eigenvalue weighted by molar-refractivity contribution is 6.33. The molecular weight excluding hydrogens is 364 g/mol. The van der Waals surface area contributed by atoms with Crippen LogP contribution in [0, 0.1) is 25.5 Å². The van der Waals surface area contributed by atoms with Gasteiger partial charge >= 0.3 is 5.97 Å². The lowest BCUT2D eigenvalue weighted by Gasteiger charge is -2.19. The molecule has 2 aromatic carbocycles. The average Bonchev–Trinajstić information content (AvgIpc) is 2.58. The first-order valence-electron chi connectivity index (χ1n) is 7.80. The highest BCUT2D eigenvalue weighted by Gasteiger charge is 2.19. The fourth-order valence-corrected chi connectivity index (χ4v) is 2.59. The number of likely N-dealkylation sites (N-methyl/N-ethyl adjacent to an activating group) is 1. The first kappa shape index (κ1) is 19.8. The summed E-state index contributed by atoms with van der Waals surface area (Å²) in [5.74, 6) is -3.82. The van der Waals surface area contributed by atoms with Gasteiger partial charge in [-0.2, -0.15) is 0 Å². The largest absolute Gasteiger partial charge is 0.452 e. The topological polar surface area (TPSA) is 46.6 Å². The van der Waals surface area contributed by atoms with Crippen molar-refractivity contribution in [2.75, 3.05) is 13.7 Å². The number of benzene rings is 2. The van der Waals surface area contributed by atoms with Crippen LogP contribution in [0.4, 0.5) is 8.78 Å². The molecule has 0 N–H and O–H groups in total. The molecule has 0 spiro atoms. The number of hydrogen-bond donors (Lipinski definition) is 0. The van der Waals surface area contributed by atoms with E-state index in [1.807, 2.05) is 32.0 Å². The molecule has 0 aliphatic rings. The molecule has 0 bridgehead atoms. The molecule has 0 saturated carbocycles. The zero-order valence-electron chi connectivity index (χ0n) is 14.6. The van der Waals surface area contributed by atoms with Crippen molar-refractivity contribution in [3.8, 4) is 0 Å². The van der Waals surface area contributed by atoms with Gasteiger partial charge in [0.1, 0.15) is 0 Å². The van der Waals surface area contributed by atoms with E-state index in [0.29, 0.717) is 18.7 Å². The number of nitrogens with zero attached hydrogens (tertiary/aromatic N) is 1. The fraction of sp³-hybridized carbons (Fsp3) is 0.263. The number of carbonyl (C=O) groups excluding carboxylic acids is 2. The standard InChI is InChI=1S/C19H18ClF2NO3/c1-11-4-5-13(12(2)6-11)9-23(3)18(24)10-26-19(25)14-7-16(21)17(22)8-15(14)20/h4-8H,9-10H2,1-3H3. The number of aryl methyl sites for hydroxylation is 2. The van der Waals surface area contributed by atoms with Gasteiger partial charge in [0.2, 0.25) is 0 Å². The van der Waals surface area contributed by atoms with E-state index in [9.17, 15) is 18.4 Å². The van der Waals surface area contributed by atoms with Crippen molar-refractivity contribution in [2.24, 2.45) is 0 Å². The molecule has 2 aromatic rings. The summed E-state index contributed by atoms with van der Waals surface area (Å²) in [5, 5.41) is -0.287. The summed E-state index contributed by atoms with van der Waals surface area (Å²) in [4.78, 5) is 25.5. The Morgan fingerprint density at radius 2 is 1.77 bits per heavy atom. The minimum absolute atomic E-state index is 0.287. The third kappa shape index (κ3) is 4.79. The normalized spacial score (nSPS) is 10.5. The summed E-state index contributed by atoms with van der Waals surface area (Å²) in [7, 11) is 1.58. The quantitative estimate of drug-likeness (QED) is 0.580. The van der Waals surface area contributed by atoms with Crippen LogP contribution in [0.3, 0.4) is 0 Å². The Balaban J connectivity index is 1.97. The number of esters is 1. The van der Waals surface area contributed by atoms with Crippen molar-refractivity contribution >= 4 is 23.5 Å². The minimum Gasteiger partial charge on any atom is -0.452 e. The lowest BCUT2D eigenvalue weighted by Crippen LogP contribution is -2.31. The molecule has 0 aromatic heterocycles. The number of ether oxygens (including phenoxy) is 1. The van der Waals surface area contributed by atoms with Gasteiger partial charge < -0.3 is 9.64 Å². The molecule has 26 heavy (non-hydrogen) atoms. The van der Waals surface area contributed by atoms with E-state index in [1.54, 1.807) is 7.05 Å². The fourth-order valence-electron chi connectivity index (χ4n) is 2.36. The van der Waals surface area contributed by atoms with E-state index in [0.717, 1.165) is 16.7 Å². The Bertz CT molecular complexity index is 855. The zero-order valence-corrected chi connectivity index (χ0v) is 15.4. The molecule has 0 radical (unpaired) electrons. The first-order chi connectivity index (χ1) is 12.2. The number of halogens is 3. The van der Waals surface area contributed by atoms with Gasteiger partial charge in [-0.3, -0.25) is 4.79 Å². The van der Waals surface area contributed by atoms with Gasteiger partial charge in [-0.15, -0.1) is 0 Å². The Labute approximate surface area is 155 Å². The molecule has 2 rings (SSSR count). The van der Waals surface area contributed by atoms with Gasteiger partial charge in [0.05, 0.1) is 10.6 Å². The number of amides is 1. The maximum Gasteiger partial charge on any atom is 0.340 e. The molecular formula is C19H18ClF2NO3. The third-order valence-corrected chi connectivity index (χ3v) is 4.20. The second-order valence-corrected chi connectivity index (χ2v) is 6.41. The van der Waals surface area contributed by atoms with Crippen LogP contribution in [0.2, 0.25) is 5.02 Å². The summed E-state index contributed by atoms with van der Waals surface area (Å²) in [6, 6.07) is 7.22. The Hall–Kier alpha value is -2.47. The highest BCUT2D eigenvalue weighted by Crippen LogP contribution is 2.21. The van der Waals surface area contributed by atoms with Gasteiger partial charge in [-0.05, 0) is 37.1 Å². The number of rotatable bonds is 5. The van der Waals surface area contributed by atoms with E-state index in [4.69, 9.17) is 16.3 Å². The zero-order chi connectivity index (χ0) is 19.4. The summed E-state index contributed by atoms with van der Waals surface area (Å²) < 4.78 is 31.1. The van der Waals surface area contributed by atoms with Crippen molar-refractivity contribution in [1.82, 2.24) is 4.90 Å². The van der Waals surface area contributed by atoms with E-state index < -0.39 is 30.1 Å². The van der Waals surface area contributed by atoms with E-state index in [-0.39, 0.29) is 10.6 Å². The van der Waals surface area contributed by atoms with Crippen LogP contribution in [0.1, 0.15) is 27.0 Å². The molecule has 0 atom stereocenters. The lowest BCUT2D eigenvalue weighted by atomic mass is 10.1. The molecule has 0 aliphatic heterocycles. The number of carbonyl (C=O) groups is 2. The van der Waals surface area contributed by atoms with Crippen LogP contribution >= 0.6 is 11.6 Å². The van der Waals surface area contributed by atoms with Crippen molar-refractivity contribution in [3.63, 3.8) is 0 Å². The summed E-state index contributed by atoms with van der Waals surface area (Å²) >= 11 is 5.71. The maximum absolute atomic E-state index is 13.2. The van der Waals surface area contributed by atoms with Crippen molar-refractivity contribution in [1.29, 1.82) is 0 Å². The summed E-state index contributed by atoms with van der Waals surface area (Å²) in [6.07, 6.45) is 0. The van der Waals surface area contributed by atoms with Crippen LogP contribution in [0.25, 0.3) is 0 Å². The predicted octanol–water partition coefficient (Wildman–Crippen LogP) is 4.05. The van der Waals surface area contributed by atoms with E-state index >= 15 is 0 Å². The van der Waals surface area contributed by atoms with Crippen molar-refractivity contribution in [2.45, 2.75) is 20.4 Å². The van der Waals surface area contributed by atoms with Gasteiger partial charge in [0.15, 0.2) is 18.2 Å². The van der Waals surface area contributed by atoms with Crippen LogP contribution in [0.5, 0.6) is 0 Å². The highest BCUT2D eigenvalue weighted by atomic mass is 35.5. The second kappa shape index (κ2) is 8.27. The molecule has 0 heterocycles. The first-order valence-corrected chi connectivity index (χ1v) is 8.18. The van der Waals surface area contributed by atoms with Crippen LogP contribution in [0.15, 0.2) is 30.3 Å². The molecule has 1 amide bonds. The maximum atomic E-state index is 13.2. The predicted molar refractivity (Wildman–Crippen MR) is 94.0 cm³/mol. The molecule has 0 saturated heterocycles. The van der Waals surface area contributed by atoms with Crippen LogP contribution < -0.4 is 0 Å². The van der Waals surface area contributed by atoms with E-state index in [1.165, 1.54) is 4.90 Å². The Morgan fingerprint density at radius 1 is 1.12 bits per heavy atom. The Morgan fingerprint density at radius 3 is 2.42 bits per heavy atom. The average molecular weight is 382 g/mol. The summed E-state index contributed by atoms with van der Waals surface area (Å²) in [6.45, 7) is 3.75. The monoisotopic (exact) mass is 381 g/mol. The lowest BCUT2D eigenvalue weighted by molar-refractivity contribution is -0.133. The van der Waals surface area contributed by atoms with Gasteiger partial charge in [-0.25, -0.2) is 13.6 Å².